The lowest BCUT2D eigenvalue weighted by Crippen LogP contribution is -2.19. The van der Waals surface area contributed by atoms with Crippen molar-refractivity contribution in [2.45, 2.75) is 13.8 Å². The van der Waals surface area contributed by atoms with Crippen molar-refractivity contribution in [3.63, 3.8) is 0 Å². The summed E-state index contributed by atoms with van der Waals surface area (Å²) in [5, 5.41) is 3.22. The fourth-order valence-corrected chi connectivity index (χ4v) is 2.07. The molecule has 0 aliphatic heterocycles. The molecule has 0 unspecified atom stereocenters. The van der Waals surface area contributed by atoms with Gasteiger partial charge < -0.3 is 11.1 Å². The number of nitrogens with one attached hydrogen (secondary N) is 1. The monoisotopic (exact) mass is 258 g/mol. The van der Waals surface area contributed by atoms with Gasteiger partial charge in [0.05, 0.1) is 5.69 Å². The Morgan fingerprint density at radius 1 is 1.46 bits per heavy atom. The molecule has 0 bridgehead atoms. The number of benzene rings is 1. The number of hydrogen-bond acceptors (Lipinski definition) is 1. The first-order chi connectivity index (χ1) is 6.00. The lowest BCUT2D eigenvalue weighted by Gasteiger charge is -2.10. The highest BCUT2D eigenvalue weighted by Gasteiger charge is 2.04. The van der Waals surface area contributed by atoms with Gasteiger partial charge in [0.25, 0.3) is 0 Å². The van der Waals surface area contributed by atoms with E-state index < -0.39 is 0 Å². The molecule has 13 heavy (non-hydrogen) atoms. The van der Waals surface area contributed by atoms with E-state index >= 15 is 0 Å². The summed E-state index contributed by atoms with van der Waals surface area (Å²) in [7, 11) is 0. The highest BCUT2D eigenvalue weighted by Crippen LogP contribution is 2.27. The summed E-state index contributed by atoms with van der Waals surface area (Å²) < 4.78 is 0.984. The van der Waals surface area contributed by atoms with Crippen molar-refractivity contribution in [3.05, 3.63) is 27.7 Å². The molecule has 0 aromatic heterocycles. The maximum absolute atomic E-state index is 5.40. The summed E-state index contributed by atoms with van der Waals surface area (Å²) in [6.45, 7) is 4.06. The number of hydrogen-bond donors (Lipinski definition) is 2. The molecule has 4 heteroatoms. The second-order valence-electron chi connectivity index (χ2n) is 2.93. The Labute approximate surface area is 91.6 Å². The van der Waals surface area contributed by atoms with Gasteiger partial charge in [0, 0.05) is 4.47 Å². The van der Waals surface area contributed by atoms with Crippen molar-refractivity contribution >= 4 is 38.9 Å². The molecule has 0 radical (unpaired) electrons. The first-order valence-electron chi connectivity index (χ1n) is 3.84. The molecule has 0 fully saturated rings. The van der Waals surface area contributed by atoms with Crippen molar-refractivity contribution in [2.24, 2.45) is 5.73 Å². The van der Waals surface area contributed by atoms with Gasteiger partial charge in [-0.2, -0.15) is 0 Å². The Balaban J connectivity index is 3.13. The molecule has 0 aliphatic carbocycles. The number of aryl methyl sites for hydroxylation is 2. The molecule has 0 amide bonds. The third-order valence-electron chi connectivity index (χ3n) is 1.68. The van der Waals surface area contributed by atoms with Crippen molar-refractivity contribution in [2.75, 3.05) is 5.32 Å². The summed E-state index contributed by atoms with van der Waals surface area (Å²) in [4.78, 5) is 0. The smallest absolute Gasteiger partial charge is 0.168 e. The molecule has 1 aromatic carbocycles. The van der Waals surface area contributed by atoms with Gasteiger partial charge >= 0.3 is 0 Å². The van der Waals surface area contributed by atoms with Gasteiger partial charge in [-0.3, -0.25) is 0 Å². The topological polar surface area (TPSA) is 38.0 Å². The van der Waals surface area contributed by atoms with E-state index in [4.69, 9.17) is 18.0 Å². The lowest BCUT2D eigenvalue weighted by atomic mass is 10.1. The van der Waals surface area contributed by atoms with Gasteiger partial charge in [-0.25, -0.2) is 0 Å². The van der Waals surface area contributed by atoms with Gasteiger partial charge in [-0.15, -0.1) is 0 Å². The van der Waals surface area contributed by atoms with E-state index in [1.165, 1.54) is 5.56 Å². The first-order valence-corrected chi connectivity index (χ1v) is 5.04. The van der Waals surface area contributed by atoms with Crippen LogP contribution in [0.5, 0.6) is 0 Å². The number of anilines is 1. The minimum atomic E-state index is 0.285. The molecular formula is C9H11BrN2S. The normalized spacial score (nSPS) is 9.77. The highest BCUT2D eigenvalue weighted by atomic mass is 79.9. The Morgan fingerprint density at radius 2 is 2.08 bits per heavy atom. The quantitative estimate of drug-likeness (QED) is 0.761. The maximum atomic E-state index is 5.40. The zero-order valence-electron chi connectivity index (χ0n) is 7.52. The first kappa shape index (κ1) is 10.5. The molecule has 0 saturated heterocycles. The molecular weight excluding hydrogens is 248 g/mol. The van der Waals surface area contributed by atoms with Crippen LogP contribution >= 0.6 is 28.1 Å². The molecule has 0 heterocycles. The molecule has 0 aliphatic rings. The van der Waals surface area contributed by atoms with E-state index in [-0.39, 0.29) is 5.11 Å². The Bertz CT molecular complexity index is 326. The summed E-state index contributed by atoms with van der Waals surface area (Å²) in [5.41, 5.74) is 8.67. The minimum Gasteiger partial charge on any atom is -0.376 e. The number of rotatable bonds is 1. The highest BCUT2D eigenvalue weighted by molar-refractivity contribution is 9.10. The summed E-state index contributed by atoms with van der Waals surface area (Å²) >= 11 is 8.22. The third kappa shape index (κ3) is 2.67. The fraction of sp³-hybridized carbons (Fsp3) is 0.222. The zero-order valence-corrected chi connectivity index (χ0v) is 9.92. The summed E-state index contributed by atoms with van der Waals surface area (Å²) in [6.07, 6.45) is 0. The van der Waals surface area contributed by atoms with E-state index in [1.54, 1.807) is 0 Å². The van der Waals surface area contributed by atoms with Crippen LogP contribution in [0.4, 0.5) is 5.69 Å². The molecule has 70 valence electrons. The van der Waals surface area contributed by atoms with E-state index in [0.717, 1.165) is 15.7 Å². The number of halogens is 1. The standard InChI is InChI=1S/C9H11BrN2S/c1-5-3-6(2)8(7(10)4-5)12-9(11)13/h3-4H,1-2H3,(H3,11,12,13). The Hall–Kier alpha value is -0.610. The zero-order chi connectivity index (χ0) is 10.0. The molecule has 0 spiro atoms. The van der Waals surface area contributed by atoms with Crippen LogP contribution in [0.1, 0.15) is 11.1 Å². The van der Waals surface area contributed by atoms with Crippen LogP contribution in [0.3, 0.4) is 0 Å². The van der Waals surface area contributed by atoms with Crippen LogP contribution in [-0.4, -0.2) is 5.11 Å². The molecule has 2 nitrogen and oxygen atoms in total. The van der Waals surface area contributed by atoms with Gasteiger partial charge in [0.1, 0.15) is 0 Å². The van der Waals surface area contributed by atoms with E-state index in [1.807, 2.05) is 19.9 Å². The number of thiocarbonyl (C=S) groups is 1. The number of nitrogens with two attached hydrogens (primary N) is 1. The predicted molar refractivity (Wildman–Crippen MR) is 64.0 cm³/mol. The van der Waals surface area contributed by atoms with Gasteiger partial charge in [-0.1, -0.05) is 6.07 Å². The second-order valence-corrected chi connectivity index (χ2v) is 4.22. The van der Waals surface area contributed by atoms with Crippen LogP contribution in [0.2, 0.25) is 0 Å². The van der Waals surface area contributed by atoms with Crippen LogP contribution in [-0.2, 0) is 0 Å². The van der Waals surface area contributed by atoms with Crippen LogP contribution in [0, 0.1) is 13.8 Å². The molecule has 1 rings (SSSR count). The fourth-order valence-electron chi connectivity index (χ4n) is 1.20. The third-order valence-corrected chi connectivity index (χ3v) is 2.41. The predicted octanol–water partition coefficient (Wildman–Crippen LogP) is 2.72. The van der Waals surface area contributed by atoms with Crippen molar-refractivity contribution in [1.82, 2.24) is 0 Å². The van der Waals surface area contributed by atoms with Crippen molar-refractivity contribution < 1.29 is 0 Å². The van der Waals surface area contributed by atoms with Crippen LogP contribution < -0.4 is 11.1 Å². The van der Waals surface area contributed by atoms with Crippen LogP contribution in [0.25, 0.3) is 0 Å². The van der Waals surface area contributed by atoms with Crippen molar-refractivity contribution in [1.29, 1.82) is 0 Å². The summed E-state index contributed by atoms with van der Waals surface area (Å²) in [6, 6.07) is 4.10. The molecule has 0 atom stereocenters. The Kier molecular flexibility index (Phi) is 3.27. The molecule has 1 aromatic rings. The van der Waals surface area contributed by atoms with Gasteiger partial charge in [0.15, 0.2) is 5.11 Å². The Morgan fingerprint density at radius 3 is 2.54 bits per heavy atom. The minimum absolute atomic E-state index is 0.285. The second kappa shape index (κ2) is 4.07. The largest absolute Gasteiger partial charge is 0.376 e. The SMILES string of the molecule is Cc1cc(C)c(NC(N)=S)c(Br)c1. The van der Waals surface area contributed by atoms with Crippen LogP contribution in [0.15, 0.2) is 16.6 Å². The summed E-state index contributed by atoms with van der Waals surface area (Å²) in [5.74, 6) is 0. The molecule has 0 saturated carbocycles. The average Bonchev–Trinajstić information content (AvgIpc) is 1.96. The van der Waals surface area contributed by atoms with Gasteiger partial charge in [-0.05, 0) is 59.2 Å². The maximum Gasteiger partial charge on any atom is 0.168 e. The van der Waals surface area contributed by atoms with E-state index in [2.05, 4.69) is 27.3 Å². The molecule has 3 N–H and O–H groups in total. The average molecular weight is 259 g/mol. The van der Waals surface area contributed by atoms with Crippen molar-refractivity contribution in [3.8, 4) is 0 Å². The van der Waals surface area contributed by atoms with Gasteiger partial charge in [0.2, 0.25) is 0 Å². The van der Waals surface area contributed by atoms with E-state index in [9.17, 15) is 0 Å². The lowest BCUT2D eigenvalue weighted by molar-refractivity contribution is 1.36. The van der Waals surface area contributed by atoms with E-state index in [0.29, 0.717) is 0 Å².